The van der Waals surface area contributed by atoms with E-state index in [4.69, 9.17) is 0 Å². The number of hydrogen-bond donors (Lipinski definition) is 3. The van der Waals surface area contributed by atoms with Crippen molar-refractivity contribution in [2.75, 3.05) is 7.05 Å². The molecular formula is C21H35NO2. The second kappa shape index (κ2) is 11.3. The highest BCUT2D eigenvalue weighted by Crippen LogP contribution is 2.17. The monoisotopic (exact) mass is 333 g/mol. The van der Waals surface area contributed by atoms with Crippen LogP contribution in [-0.2, 0) is 6.42 Å². The summed E-state index contributed by atoms with van der Waals surface area (Å²) in [7, 11) is 1.89. The minimum absolute atomic E-state index is 0.0282. The molecule has 0 saturated heterocycles. The Kier molecular flexibility index (Phi) is 9.73. The highest BCUT2D eigenvalue weighted by Gasteiger charge is 2.17. The van der Waals surface area contributed by atoms with Crippen LogP contribution in [0.4, 0.5) is 0 Å². The predicted octanol–water partition coefficient (Wildman–Crippen LogP) is 4.29. The third-order valence-electron chi connectivity index (χ3n) is 4.79. The van der Waals surface area contributed by atoms with Crippen molar-refractivity contribution in [3.8, 4) is 5.75 Å². The molecule has 0 amide bonds. The molecule has 3 nitrogen and oxygen atoms in total. The largest absolute Gasteiger partial charge is 0.508 e. The SMILES string of the molecule is CC[C@@H](C)C[C@H](C)/C=C/CC[C@@H](O)[C@@H](Cc1ccc(O)cc1)NC. The van der Waals surface area contributed by atoms with Crippen molar-refractivity contribution in [3.63, 3.8) is 0 Å². The van der Waals surface area contributed by atoms with Crippen molar-refractivity contribution in [3.05, 3.63) is 42.0 Å². The molecule has 3 N–H and O–H groups in total. The zero-order valence-electron chi connectivity index (χ0n) is 15.7. The summed E-state index contributed by atoms with van der Waals surface area (Å²) in [5, 5.41) is 23.0. The standard InChI is InChI=1S/C21H35NO2/c1-5-16(2)14-17(3)8-6-7-9-21(24)20(22-4)15-18-10-12-19(23)13-11-18/h6,8,10-13,16-17,20-24H,5,7,9,14-15H2,1-4H3/b8-6+/t16-,17-,20-,21-/m1/s1. The molecule has 0 fully saturated rings. The van der Waals surface area contributed by atoms with Crippen LogP contribution in [0.2, 0.25) is 0 Å². The fraction of sp³-hybridized carbons (Fsp3) is 0.619. The normalized spacial score (nSPS) is 16.9. The van der Waals surface area contributed by atoms with E-state index >= 15 is 0 Å². The fourth-order valence-electron chi connectivity index (χ4n) is 2.99. The van der Waals surface area contributed by atoms with Gasteiger partial charge in [0.25, 0.3) is 0 Å². The Labute approximate surface area is 147 Å². The highest BCUT2D eigenvalue weighted by atomic mass is 16.3. The zero-order valence-corrected chi connectivity index (χ0v) is 15.7. The molecule has 0 aliphatic heterocycles. The molecule has 1 rings (SSSR count). The van der Waals surface area contributed by atoms with Gasteiger partial charge in [0.15, 0.2) is 0 Å². The van der Waals surface area contributed by atoms with E-state index in [1.807, 2.05) is 19.2 Å². The van der Waals surface area contributed by atoms with Gasteiger partial charge in [0.2, 0.25) is 0 Å². The maximum absolute atomic E-state index is 10.4. The summed E-state index contributed by atoms with van der Waals surface area (Å²) in [6.45, 7) is 6.80. The molecule has 0 aliphatic carbocycles. The van der Waals surface area contributed by atoms with Gasteiger partial charge in [-0.25, -0.2) is 0 Å². The Hall–Kier alpha value is -1.32. The summed E-state index contributed by atoms with van der Waals surface area (Å²) >= 11 is 0. The van der Waals surface area contributed by atoms with E-state index in [0.717, 1.165) is 30.7 Å². The molecule has 0 heterocycles. The van der Waals surface area contributed by atoms with Gasteiger partial charge in [0.05, 0.1) is 6.10 Å². The Morgan fingerprint density at radius 3 is 2.42 bits per heavy atom. The number of aliphatic hydroxyl groups is 1. The van der Waals surface area contributed by atoms with Crippen molar-refractivity contribution in [2.45, 2.75) is 65.0 Å². The number of allylic oxidation sites excluding steroid dienone is 2. The third-order valence-corrected chi connectivity index (χ3v) is 4.79. The van der Waals surface area contributed by atoms with Crippen LogP contribution in [0.15, 0.2) is 36.4 Å². The summed E-state index contributed by atoms with van der Waals surface area (Å²) < 4.78 is 0. The summed E-state index contributed by atoms with van der Waals surface area (Å²) in [5.74, 6) is 1.65. The number of aliphatic hydroxyl groups excluding tert-OH is 1. The van der Waals surface area contributed by atoms with Gasteiger partial charge in [-0.3, -0.25) is 0 Å². The maximum Gasteiger partial charge on any atom is 0.115 e. The molecule has 0 aromatic heterocycles. The first kappa shape index (κ1) is 20.7. The van der Waals surface area contributed by atoms with E-state index in [1.165, 1.54) is 12.8 Å². The average Bonchev–Trinajstić information content (AvgIpc) is 2.57. The van der Waals surface area contributed by atoms with E-state index in [1.54, 1.807) is 12.1 Å². The smallest absolute Gasteiger partial charge is 0.115 e. The lowest BCUT2D eigenvalue weighted by Gasteiger charge is -2.22. The van der Waals surface area contributed by atoms with Crippen LogP contribution < -0.4 is 5.32 Å². The molecule has 0 radical (unpaired) electrons. The number of benzene rings is 1. The van der Waals surface area contributed by atoms with Crippen LogP contribution in [0, 0.1) is 11.8 Å². The van der Waals surface area contributed by atoms with Crippen LogP contribution >= 0.6 is 0 Å². The van der Waals surface area contributed by atoms with Crippen molar-refractivity contribution >= 4 is 0 Å². The number of hydrogen-bond acceptors (Lipinski definition) is 3. The lowest BCUT2D eigenvalue weighted by Crippen LogP contribution is -2.39. The Balaban J connectivity index is 2.38. The number of rotatable bonds is 11. The third kappa shape index (κ3) is 7.98. The second-order valence-electron chi connectivity index (χ2n) is 7.06. The van der Waals surface area contributed by atoms with Crippen molar-refractivity contribution < 1.29 is 10.2 Å². The van der Waals surface area contributed by atoms with Crippen molar-refractivity contribution in [1.82, 2.24) is 5.32 Å². The molecule has 1 aromatic carbocycles. The van der Waals surface area contributed by atoms with Gasteiger partial charge in [0.1, 0.15) is 5.75 Å². The molecule has 24 heavy (non-hydrogen) atoms. The number of likely N-dealkylation sites (N-methyl/N-ethyl adjacent to an activating group) is 1. The van der Waals surface area contributed by atoms with Gasteiger partial charge in [-0.1, -0.05) is 51.5 Å². The Morgan fingerprint density at radius 2 is 1.83 bits per heavy atom. The lowest BCUT2D eigenvalue weighted by molar-refractivity contribution is 0.122. The molecule has 0 aliphatic rings. The summed E-state index contributed by atoms with van der Waals surface area (Å²) in [6, 6.07) is 7.22. The summed E-state index contributed by atoms with van der Waals surface area (Å²) in [5.41, 5.74) is 1.11. The summed E-state index contributed by atoms with van der Waals surface area (Å²) in [6.07, 6.45) is 9.00. The van der Waals surface area contributed by atoms with Gasteiger partial charge < -0.3 is 15.5 Å². The van der Waals surface area contributed by atoms with Gasteiger partial charge >= 0.3 is 0 Å². The predicted molar refractivity (Wildman–Crippen MR) is 102 cm³/mol. The van der Waals surface area contributed by atoms with E-state index in [-0.39, 0.29) is 17.9 Å². The average molecular weight is 334 g/mol. The molecule has 1 aromatic rings. The number of phenolic OH excluding ortho intramolecular Hbond substituents is 1. The fourth-order valence-corrected chi connectivity index (χ4v) is 2.99. The zero-order chi connectivity index (χ0) is 17.9. The van der Waals surface area contributed by atoms with Crippen LogP contribution in [0.5, 0.6) is 5.75 Å². The van der Waals surface area contributed by atoms with Crippen LogP contribution in [0.3, 0.4) is 0 Å². The van der Waals surface area contributed by atoms with Crippen LogP contribution in [0.1, 0.15) is 52.0 Å². The van der Waals surface area contributed by atoms with Gasteiger partial charge in [0, 0.05) is 6.04 Å². The number of phenols is 1. The second-order valence-corrected chi connectivity index (χ2v) is 7.06. The lowest BCUT2D eigenvalue weighted by atomic mass is 9.94. The first-order valence-electron chi connectivity index (χ1n) is 9.26. The molecule has 3 heteroatoms. The Bertz CT molecular complexity index is 469. The number of aromatic hydroxyl groups is 1. The molecule has 0 spiro atoms. The van der Waals surface area contributed by atoms with Gasteiger partial charge in [-0.05, 0) is 62.3 Å². The van der Waals surface area contributed by atoms with Crippen molar-refractivity contribution in [2.24, 2.45) is 11.8 Å². The van der Waals surface area contributed by atoms with Crippen LogP contribution in [0.25, 0.3) is 0 Å². The van der Waals surface area contributed by atoms with E-state index in [9.17, 15) is 10.2 Å². The molecular weight excluding hydrogens is 298 g/mol. The van der Waals surface area contributed by atoms with E-state index in [2.05, 4.69) is 38.2 Å². The van der Waals surface area contributed by atoms with E-state index in [0.29, 0.717) is 5.92 Å². The molecule has 136 valence electrons. The molecule has 0 bridgehead atoms. The molecule has 4 atom stereocenters. The molecule has 0 unspecified atom stereocenters. The van der Waals surface area contributed by atoms with Crippen molar-refractivity contribution in [1.29, 1.82) is 0 Å². The van der Waals surface area contributed by atoms with Crippen LogP contribution in [-0.4, -0.2) is 29.4 Å². The summed E-state index contributed by atoms with van der Waals surface area (Å²) in [4.78, 5) is 0. The Morgan fingerprint density at radius 1 is 1.17 bits per heavy atom. The topological polar surface area (TPSA) is 52.5 Å². The molecule has 0 saturated carbocycles. The minimum Gasteiger partial charge on any atom is -0.508 e. The first-order valence-corrected chi connectivity index (χ1v) is 9.26. The first-order chi connectivity index (χ1) is 11.5. The van der Waals surface area contributed by atoms with Gasteiger partial charge in [-0.15, -0.1) is 0 Å². The van der Waals surface area contributed by atoms with E-state index < -0.39 is 0 Å². The highest BCUT2D eigenvalue weighted by molar-refractivity contribution is 5.26. The van der Waals surface area contributed by atoms with Gasteiger partial charge in [-0.2, -0.15) is 0 Å². The number of nitrogens with one attached hydrogen (secondary N) is 1. The quantitative estimate of drug-likeness (QED) is 0.529. The maximum atomic E-state index is 10.4. The minimum atomic E-state index is -0.377.